The Morgan fingerprint density at radius 3 is 2.50 bits per heavy atom. The van der Waals surface area contributed by atoms with Crippen LogP contribution in [0.5, 0.6) is 0 Å². The summed E-state index contributed by atoms with van der Waals surface area (Å²) in [6, 6.07) is 8.60. The Hall–Kier alpha value is -1.06. The highest BCUT2D eigenvalue weighted by Crippen LogP contribution is 2.29. The minimum Gasteiger partial charge on any atom is -0.368 e. The van der Waals surface area contributed by atoms with Crippen LogP contribution in [0.1, 0.15) is 32.4 Å². The van der Waals surface area contributed by atoms with Crippen molar-refractivity contribution in [2.24, 2.45) is 5.73 Å². The Bertz CT molecular complexity index is 412. The Morgan fingerprint density at radius 2 is 1.89 bits per heavy atom. The Labute approximate surface area is 111 Å². The van der Waals surface area contributed by atoms with Crippen LogP contribution in [0.4, 0.5) is 5.69 Å². The molecule has 3 nitrogen and oxygen atoms in total. The van der Waals surface area contributed by atoms with E-state index < -0.39 is 0 Å². The molecule has 1 fully saturated rings. The summed E-state index contributed by atoms with van der Waals surface area (Å²) in [4.78, 5) is 4.90. The monoisotopic (exact) mass is 247 g/mol. The zero-order chi connectivity index (χ0) is 13.3. The van der Waals surface area contributed by atoms with Crippen LogP contribution in [-0.4, -0.2) is 37.1 Å². The van der Waals surface area contributed by atoms with Crippen LogP contribution in [0.3, 0.4) is 0 Å². The summed E-state index contributed by atoms with van der Waals surface area (Å²) >= 11 is 0. The number of nitrogens with two attached hydrogens (primary N) is 1. The van der Waals surface area contributed by atoms with Crippen LogP contribution in [0.25, 0.3) is 0 Å². The molecule has 0 spiro atoms. The van der Waals surface area contributed by atoms with Gasteiger partial charge in [-0.3, -0.25) is 4.90 Å². The van der Waals surface area contributed by atoms with Gasteiger partial charge in [-0.15, -0.1) is 0 Å². The lowest BCUT2D eigenvalue weighted by Gasteiger charge is -2.46. The van der Waals surface area contributed by atoms with Gasteiger partial charge in [0.25, 0.3) is 0 Å². The molecule has 100 valence electrons. The van der Waals surface area contributed by atoms with Gasteiger partial charge in [-0.05, 0) is 39.4 Å². The zero-order valence-corrected chi connectivity index (χ0v) is 12.0. The van der Waals surface area contributed by atoms with Crippen LogP contribution >= 0.6 is 0 Å². The van der Waals surface area contributed by atoms with Gasteiger partial charge in [0.1, 0.15) is 0 Å². The first kappa shape index (κ1) is 13.4. The lowest BCUT2D eigenvalue weighted by molar-refractivity contribution is 0.138. The highest BCUT2D eigenvalue weighted by atomic mass is 15.3. The molecule has 0 bridgehead atoms. The number of hydrogen-bond donors (Lipinski definition) is 1. The first-order chi connectivity index (χ1) is 8.42. The van der Waals surface area contributed by atoms with Crippen LogP contribution in [0.15, 0.2) is 24.3 Å². The zero-order valence-electron chi connectivity index (χ0n) is 12.0. The molecule has 0 radical (unpaired) electrons. The Kier molecular flexibility index (Phi) is 3.64. The van der Waals surface area contributed by atoms with Crippen LogP contribution in [0, 0.1) is 0 Å². The fourth-order valence-corrected chi connectivity index (χ4v) is 2.61. The molecule has 2 rings (SSSR count). The second-order valence-corrected chi connectivity index (χ2v) is 6.00. The Morgan fingerprint density at radius 1 is 1.22 bits per heavy atom. The molecule has 0 aromatic heterocycles. The van der Waals surface area contributed by atoms with E-state index >= 15 is 0 Å². The lowest BCUT2D eigenvalue weighted by Crippen LogP contribution is -2.57. The molecule has 1 aliphatic heterocycles. The number of hydrogen-bond acceptors (Lipinski definition) is 3. The molecule has 0 unspecified atom stereocenters. The summed E-state index contributed by atoms with van der Waals surface area (Å²) in [5, 5.41) is 0. The van der Waals surface area contributed by atoms with Crippen LogP contribution < -0.4 is 10.6 Å². The van der Waals surface area contributed by atoms with E-state index in [4.69, 9.17) is 5.73 Å². The normalized spacial score (nSPS) is 21.9. The quantitative estimate of drug-likeness (QED) is 0.870. The number of rotatable bonds is 2. The van der Waals surface area contributed by atoms with E-state index in [0.29, 0.717) is 0 Å². The molecule has 1 atom stereocenters. The third kappa shape index (κ3) is 2.52. The molecular formula is C15H25N3. The highest BCUT2D eigenvalue weighted by molar-refractivity contribution is 5.55. The van der Waals surface area contributed by atoms with Crippen molar-refractivity contribution in [3.05, 3.63) is 29.8 Å². The van der Waals surface area contributed by atoms with Gasteiger partial charge in [0.15, 0.2) is 0 Å². The summed E-state index contributed by atoms with van der Waals surface area (Å²) in [6.07, 6.45) is 0. The third-order valence-corrected chi connectivity index (χ3v) is 4.08. The molecular weight excluding hydrogens is 222 g/mol. The largest absolute Gasteiger partial charge is 0.368 e. The minimum atomic E-state index is 0.0870. The number of para-hydroxylation sites is 1. The van der Waals surface area contributed by atoms with Gasteiger partial charge in [0.05, 0.1) is 0 Å². The van der Waals surface area contributed by atoms with Crippen molar-refractivity contribution in [1.82, 2.24) is 4.90 Å². The summed E-state index contributed by atoms with van der Waals surface area (Å²) in [6.45, 7) is 9.87. The molecule has 1 heterocycles. The summed E-state index contributed by atoms with van der Waals surface area (Å²) in [7, 11) is 2.20. The van der Waals surface area contributed by atoms with Crippen molar-refractivity contribution in [2.75, 3.05) is 31.6 Å². The van der Waals surface area contributed by atoms with Crippen LogP contribution in [-0.2, 0) is 0 Å². The topological polar surface area (TPSA) is 32.5 Å². The van der Waals surface area contributed by atoms with E-state index in [-0.39, 0.29) is 11.6 Å². The van der Waals surface area contributed by atoms with Gasteiger partial charge in [-0.1, -0.05) is 18.2 Å². The molecule has 1 aromatic rings. The molecule has 1 aromatic carbocycles. The third-order valence-electron chi connectivity index (χ3n) is 4.08. The smallest absolute Gasteiger partial charge is 0.0415 e. The van der Waals surface area contributed by atoms with Crippen LogP contribution in [0.2, 0.25) is 0 Å². The molecule has 0 aliphatic carbocycles. The van der Waals surface area contributed by atoms with Gasteiger partial charge < -0.3 is 10.6 Å². The first-order valence-electron chi connectivity index (χ1n) is 6.72. The van der Waals surface area contributed by atoms with Crippen molar-refractivity contribution >= 4 is 5.69 Å². The van der Waals surface area contributed by atoms with Gasteiger partial charge in [0.2, 0.25) is 0 Å². The van der Waals surface area contributed by atoms with E-state index in [2.05, 4.69) is 61.9 Å². The number of likely N-dealkylation sites (N-methyl/N-ethyl adjacent to an activating group) is 1. The number of benzene rings is 1. The first-order valence-corrected chi connectivity index (χ1v) is 6.72. The summed E-state index contributed by atoms with van der Waals surface area (Å²) in [5.74, 6) is 0. The molecule has 1 saturated heterocycles. The minimum absolute atomic E-state index is 0.0870. The van der Waals surface area contributed by atoms with Gasteiger partial charge in [0, 0.05) is 36.9 Å². The van der Waals surface area contributed by atoms with Crippen molar-refractivity contribution in [3.63, 3.8) is 0 Å². The van der Waals surface area contributed by atoms with Crippen molar-refractivity contribution in [2.45, 2.75) is 32.4 Å². The maximum atomic E-state index is 6.08. The van der Waals surface area contributed by atoms with E-state index in [1.165, 1.54) is 11.3 Å². The second kappa shape index (κ2) is 4.90. The van der Waals surface area contributed by atoms with E-state index in [1.807, 2.05) is 0 Å². The van der Waals surface area contributed by atoms with Crippen molar-refractivity contribution < 1.29 is 0 Å². The standard InChI is InChI=1S/C15H25N3/c1-12(16)13-7-5-6-8-14(13)18-10-9-17(4)15(2,3)11-18/h5-8,12H,9-11,16H2,1-4H3/t12-/m0/s1. The molecule has 3 heteroatoms. The fourth-order valence-electron chi connectivity index (χ4n) is 2.61. The average molecular weight is 247 g/mol. The maximum Gasteiger partial charge on any atom is 0.0415 e. The van der Waals surface area contributed by atoms with Gasteiger partial charge in [-0.25, -0.2) is 0 Å². The SMILES string of the molecule is C[C@H](N)c1ccccc1N1CCN(C)C(C)(C)C1. The van der Waals surface area contributed by atoms with Gasteiger partial charge in [-0.2, -0.15) is 0 Å². The average Bonchev–Trinajstić information content (AvgIpc) is 2.32. The molecule has 1 aliphatic rings. The lowest BCUT2D eigenvalue weighted by atomic mass is 9.97. The van der Waals surface area contributed by atoms with E-state index in [0.717, 1.165) is 19.6 Å². The molecule has 18 heavy (non-hydrogen) atoms. The summed E-state index contributed by atoms with van der Waals surface area (Å²) < 4.78 is 0. The Balaban J connectivity index is 2.27. The number of piperazine rings is 1. The van der Waals surface area contributed by atoms with E-state index in [1.54, 1.807) is 0 Å². The molecule has 0 amide bonds. The highest BCUT2D eigenvalue weighted by Gasteiger charge is 2.31. The van der Waals surface area contributed by atoms with Gasteiger partial charge >= 0.3 is 0 Å². The van der Waals surface area contributed by atoms with Crippen molar-refractivity contribution in [1.29, 1.82) is 0 Å². The molecule has 0 saturated carbocycles. The number of anilines is 1. The van der Waals surface area contributed by atoms with E-state index in [9.17, 15) is 0 Å². The predicted molar refractivity (Wildman–Crippen MR) is 78.0 cm³/mol. The maximum absolute atomic E-state index is 6.08. The fraction of sp³-hybridized carbons (Fsp3) is 0.600. The molecule has 2 N–H and O–H groups in total. The number of nitrogens with zero attached hydrogens (tertiary/aromatic N) is 2. The summed E-state index contributed by atoms with van der Waals surface area (Å²) in [5.41, 5.74) is 8.84. The predicted octanol–water partition coefficient (Wildman–Crippen LogP) is 2.24. The second-order valence-electron chi connectivity index (χ2n) is 6.00. The van der Waals surface area contributed by atoms with Crippen molar-refractivity contribution in [3.8, 4) is 0 Å².